The summed E-state index contributed by atoms with van der Waals surface area (Å²) in [5.41, 5.74) is 0.546. The van der Waals surface area contributed by atoms with E-state index in [0.29, 0.717) is 0 Å². The molecule has 0 aliphatic carbocycles. The molecule has 3 rings (SSSR count). The summed E-state index contributed by atoms with van der Waals surface area (Å²) >= 11 is 0. The van der Waals surface area contributed by atoms with Gasteiger partial charge < -0.3 is 29.2 Å². The van der Waals surface area contributed by atoms with Crippen LogP contribution in [0.5, 0.6) is 0 Å². The van der Waals surface area contributed by atoms with Crippen LogP contribution in [0.25, 0.3) is 0 Å². The molecule has 0 bridgehead atoms. The van der Waals surface area contributed by atoms with E-state index < -0.39 is 49.3 Å². The molecule has 0 spiro atoms. The highest BCUT2D eigenvalue weighted by Crippen LogP contribution is 2.28. The molecule has 0 radical (unpaired) electrons. The fraction of sp³-hybridized carbons (Fsp3) is 0.304. The number of aliphatic hydroxyl groups is 2. The predicted octanol–water partition coefficient (Wildman–Crippen LogP) is 1.72. The zero-order valence-corrected chi connectivity index (χ0v) is 16.7. The van der Waals surface area contributed by atoms with E-state index in [9.17, 15) is 19.8 Å². The van der Waals surface area contributed by atoms with Crippen LogP contribution in [0.2, 0.25) is 0 Å². The van der Waals surface area contributed by atoms with Crippen LogP contribution in [0.3, 0.4) is 0 Å². The average molecular weight is 428 g/mol. The number of esters is 2. The number of benzene rings is 2. The lowest BCUT2D eigenvalue weighted by Gasteiger charge is -2.43. The minimum atomic E-state index is -1.61. The number of carbonyl (C=O) groups is 2. The standard InChI is InChI=1S/C23H24O8/c1-2-13-28-19-18(30-21(25)15-9-5-3-6-10-15)17(14-24)29-23(27)20(19)31-22(26)16-11-7-4-8-12-16/h2-12,17-20,23-24,27H,1,13-14H2/t17-,18+,19+,20-,23-/m1/s1. The molecule has 8 heteroatoms. The second-order valence-corrected chi connectivity index (χ2v) is 6.81. The van der Waals surface area contributed by atoms with Crippen molar-refractivity contribution in [2.45, 2.75) is 30.7 Å². The smallest absolute Gasteiger partial charge is 0.338 e. The van der Waals surface area contributed by atoms with Gasteiger partial charge in [-0.3, -0.25) is 0 Å². The molecular weight excluding hydrogens is 404 g/mol. The fourth-order valence-electron chi connectivity index (χ4n) is 3.21. The first-order valence-corrected chi connectivity index (χ1v) is 9.74. The SMILES string of the molecule is C=CCO[C@@H]1[C@@H](OC(=O)c2ccccc2)[C@H](O)O[C@H](CO)[C@@H]1OC(=O)c1ccccc1. The van der Waals surface area contributed by atoms with E-state index in [1.54, 1.807) is 60.7 Å². The van der Waals surface area contributed by atoms with Gasteiger partial charge in [0.2, 0.25) is 0 Å². The molecule has 1 saturated heterocycles. The van der Waals surface area contributed by atoms with Gasteiger partial charge in [0, 0.05) is 0 Å². The maximum atomic E-state index is 12.6. The average Bonchev–Trinajstić information content (AvgIpc) is 2.81. The molecule has 2 aromatic rings. The first-order valence-electron chi connectivity index (χ1n) is 9.74. The number of hydrogen-bond acceptors (Lipinski definition) is 8. The quantitative estimate of drug-likeness (QED) is 0.483. The van der Waals surface area contributed by atoms with Crippen molar-refractivity contribution in [1.82, 2.24) is 0 Å². The Morgan fingerprint density at radius 3 is 1.90 bits per heavy atom. The van der Waals surface area contributed by atoms with Crippen LogP contribution in [0.4, 0.5) is 0 Å². The third-order valence-electron chi connectivity index (χ3n) is 4.70. The lowest BCUT2D eigenvalue weighted by Crippen LogP contribution is -2.62. The van der Waals surface area contributed by atoms with E-state index in [-0.39, 0.29) is 17.7 Å². The second-order valence-electron chi connectivity index (χ2n) is 6.81. The molecule has 164 valence electrons. The fourth-order valence-corrected chi connectivity index (χ4v) is 3.21. The maximum Gasteiger partial charge on any atom is 0.338 e. The number of aliphatic hydroxyl groups excluding tert-OH is 2. The van der Waals surface area contributed by atoms with Gasteiger partial charge in [-0.25, -0.2) is 9.59 Å². The van der Waals surface area contributed by atoms with Crippen LogP contribution in [-0.2, 0) is 18.9 Å². The molecule has 1 aliphatic rings. The molecule has 0 amide bonds. The van der Waals surface area contributed by atoms with Crippen LogP contribution in [0.1, 0.15) is 20.7 Å². The van der Waals surface area contributed by atoms with Gasteiger partial charge >= 0.3 is 11.9 Å². The predicted molar refractivity (Wildman–Crippen MR) is 109 cm³/mol. The van der Waals surface area contributed by atoms with Crippen molar-refractivity contribution in [1.29, 1.82) is 0 Å². The Bertz CT molecular complexity index is 870. The Morgan fingerprint density at radius 2 is 1.42 bits per heavy atom. The minimum Gasteiger partial charge on any atom is -0.453 e. The van der Waals surface area contributed by atoms with Crippen LogP contribution in [0, 0.1) is 0 Å². The molecule has 8 nitrogen and oxygen atoms in total. The van der Waals surface area contributed by atoms with Crippen molar-refractivity contribution in [2.75, 3.05) is 13.2 Å². The Hall–Kier alpha value is -3.04. The van der Waals surface area contributed by atoms with E-state index in [1.807, 2.05) is 0 Å². The first kappa shape index (κ1) is 22.6. The van der Waals surface area contributed by atoms with E-state index in [2.05, 4.69) is 6.58 Å². The second kappa shape index (κ2) is 10.8. The first-order chi connectivity index (χ1) is 15.0. The maximum absolute atomic E-state index is 12.6. The molecule has 31 heavy (non-hydrogen) atoms. The summed E-state index contributed by atoms with van der Waals surface area (Å²) in [6.07, 6.45) is -4.82. The zero-order chi connectivity index (χ0) is 22.2. The van der Waals surface area contributed by atoms with Crippen molar-refractivity contribution < 1.29 is 38.7 Å². The van der Waals surface area contributed by atoms with Gasteiger partial charge in [0.1, 0.15) is 12.2 Å². The summed E-state index contributed by atoms with van der Waals surface area (Å²) in [7, 11) is 0. The molecule has 0 aromatic heterocycles. The summed E-state index contributed by atoms with van der Waals surface area (Å²) in [5.74, 6) is -1.39. The summed E-state index contributed by atoms with van der Waals surface area (Å²) in [6.45, 7) is 3.05. The molecule has 2 N–H and O–H groups in total. The van der Waals surface area contributed by atoms with Crippen molar-refractivity contribution >= 4 is 11.9 Å². The van der Waals surface area contributed by atoms with Gasteiger partial charge in [-0.2, -0.15) is 0 Å². The molecule has 0 unspecified atom stereocenters. The Morgan fingerprint density at radius 1 is 0.903 bits per heavy atom. The summed E-state index contributed by atoms with van der Waals surface area (Å²) in [6, 6.07) is 16.4. The number of hydrogen-bond donors (Lipinski definition) is 2. The van der Waals surface area contributed by atoms with Crippen LogP contribution in [-0.4, -0.2) is 66.1 Å². The normalized spacial score (nSPS) is 25.4. The highest BCUT2D eigenvalue weighted by molar-refractivity contribution is 5.90. The van der Waals surface area contributed by atoms with E-state index in [0.717, 1.165) is 0 Å². The van der Waals surface area contributed by atoms with Crippen LogP contribution >= 0.6 is 0 Å². The van der Waals surface area contributed by atoms with Crippen LogP contribution < -0.4 is 0 Å². The summed E-state index contributed by atoms with van der Waals surface area (Å²) < 4.78 is 22.1. The topological polar surface area (TPSA) is 112 Å². The van der Waals surface area contributed by atoms with Crippen molar-refractivity contribution in [3.8, 4) is 0 Å². The van der Waals surface area contributed by atoms with Gasteiger partial charge in [-0.15, -0.1) is 6.58 Å². The molecule has 1 aliphatic heterocycles. The molecule has 0 saturated carbocycles. The van der Waals surface area contributed by atoms with E-state index >= 15 is 0 Å². The van der Waals surface area contributed by atoms with Crippen molar-refractivity contribution in [3.05, 3.63) is 84.4 Å². The molecule has 1 fully saturated rings. The third kappa shape index (κ3) is 5.56. The van der Waals surface area contributed by atoms with Gasteiger partial charge in [-0.05, 0) is 24.3 Å². The van der Waals surface area contributed by atoms with Crippen LogP contribution in [0.15, 0.2) is 73.3 Å². The largest absolute Gasteiger partial charge is 0.453 e. The zero-order valence-electron chi connectivity index (χ0n) is 16.7. The van der Waals surface area contributed by atoms with E-state index in [4.69, 9.17) is 18.9 Å². The molecule has 1 heterocycles. The Kier molecular flexibility index (Phi) is 7.91. The number of ether oxygens (including phenoxy) is 4. The summed E-state index contributed by atoms with van der Waals surface area (Å²) in [5, 5.41) is 20.2. The molecule has 5 atom stereocenters. The lowest BCUT2D eigenvalue weighted by molar-refractivity contribution is -0.291. The minimum absolute atomic E-state index is 0.0221. The monoisotopic (exact) mass is 428 g/mol. The van der Waals surface area contributed by atoms with Crippen molar-refractivity contribution in [3.63, 3.8) is 0 Å². The highest BCUT2D eigenvalue weighted by atomic mass is 16.7. The van der Waals surface area contributed by atoms with Gasteiger partial charge in [0.25, 0.3) is 0 Å². The van der Waals surface area contributed by atoms with Crippen molar-refractivity contribution in [2.24, 2.45) is 0 Å². The third-order valence-corrected chi connectivity index (χ3v) is 4.70. The Balaban J connectivity index is 1.85. The lowest BCUT2D eigenvalue weighted by atomic mass is 9.98. The number of carbonyl (C=O) groups excluding carboxylic acids is 2. The highest BCUT2D eigenvalue weighted by Gasteiger charge is 2.50. The van der Waals surface area contributed by atoms with Gasteiger partial charge in [0.05, 0.1) is 24.3 Å². The Labute approximate surface area is 179 Å². The number of rotatable bonds is 8. The molecular formula is C23H24O8. The molecule has 2 aromatic carbocycles. The van der Waals surface area contributed by atoms with Gasteiger partial charge in [-0.1, -0.05) is 42.5 Å². The summed E-state index contributed by atoms with van der Waals surface area (Å²) in [4.78, 5) is 25.2. The van der Waals surface area contributed by atoms with E-state index in [1.165, 1.54) is 6.08 Å². The van der Waals surface area contributed by atoms with Gasteiger partial charge in [0.15, 0.2) is 18.5 Å².